The topological polar surface area (TPSA) is 237 Å². The molecule has 510 valence electrons. The molecule has 0 aliphatic heterocycles. The zero-order valence-corrected chi connectivity index (χ0v) is 57.7. The van der Waals surface area contributed by atoms with E-state index in [0.29, 0.717) is 43.4 Å². The molecule has 19 heteroatoms. The molecule has 0 saturated carbocycles. The second-order valence-electron chi connectivity index (χ2n) is 26.1. The van der Waals surface area contributed by atoms with Crippen LogP contribution in [-0.2, 0) is 65.4 Å². The molecule has 5 atom stereocenters. The van der Waals surface area contributed by atoms with Gasteiger partial charge in [-0.1, -0.05) is 274 Å². The number of aliphatic hydroxyl groups is 1. The highest BCUT2D eigenvalue weighted by atomic mass is 31.2. The van der Waals surface area contributed by atoms with Gasteiger partial charge >= 0.3 is 39.5 Å². The summed E-state index contributed by atoms with van der Waals surface area (Å²) in [5.74, 6) is 0.729. The van der Waals surface area contributed by atoms with Crippen molar-refractivity contribution in [3.05, 3.63) is 0 Å². The number of hydrogen-bond donors (Lipinski definition) is 3. The number of esters is 4. The molecule has 0 spiro atoms. The number of phosphoric ester groups is 2. The van der Waals surface area contributed by atoms with Crippen LogP contribution in [0.2, 0.25) is 0 Å². The van der Waals surface area contributed by atoms with E-state index in [9.17, 15) is 43.2 Å². The van der Waals surface area contributed by atoms with Crippen LogP contribution in [-0.4, -0.2) is 96.7 Å². The summed E-state index contributed by atoms with van der Waals surface area (Å²) in [6.45, 7) is 13.9. The van der Waals surface area contributed by atoms with Crippen molar-refractivity contribution >= 4 is 39.5 Å². The third-order valence-electron chi connectivity index (χ3n) is 15.3. The molecular weight excluding hydrogens is 1140 g/mol. The Morgan fingerprint density at radius 1 is 0.291 bits per heavy atom. The maximum Gasteiger partial charge on any atom is 0.472 e. The van der Waals surface area contributed by atoms with E-state index in [1.165, 1.54) is 122 Å². The Morgan fingerprint density at radius 3 is 0.721 bits per heavy atom. The van der Waals surface area contributed by atoms with Crippen molar-refractivity contribution in [3.8, 4) is 0 Å². The molecule has 3 N–H and O–H groups in total. The Balaban J connectivity index is 5.17. The first-order chi connectivity index (χ1) is 41.1. The first-order valence-corrected chi connectivity index (χ1v) is 37.7. The van der Waals surface area contributed by atoms with Crippen molar-refractivity contribution in [2.45, 2.75) is 343 Å². The summed E-state index contributed by atoms with van der Waals surface area (Å²) < 4.78 is 68.0. The Morgan fingerprint density at radius 2 is 0.488 bits per heavy atom. The molecule has 17 nitrogen and oxygen atoms in total. The van der Waals surface area contributed by atoms with Crippen molar-refractivity contribution in [2.24, 2.45) is 23.7 Å². The molecule has 0 heterocycles. The van der Waals surface area contributed by atoms with Crippen LogP contribution in [0.1, 0.15) is 325 Å². The number of aliphatic hydroxyl groups excluding tert-OH is 1. The number of unbranched alkanes of at least 4 members (excludes halogenated alkanes) is 30. The van der Waals surface area contributed by atoms with E-state index in [0.717, 1.165) is 102 Å². The maximum absolute atomic E-state index is 13.0. The van der Waals surface area contributed by atoms with Crippen molar-refractivity contribution in [1.82, 2.24) is 0 Å². The van der Waals surface area contributed by atoms with Crippen LogP contribution in [0.5, 0.6) is 0 Å². The fraction of sp³-hybridized carbons (Fsp3) is 0.940. The summed E-state index contributed by atoms with van der Waals surface area (Å²) in [5.41, 5.74) is 0. The molecule has 0 bridgehead atoms. The van der Waals surface area contributed by atoms with Crippen molar-refractivity contribution in [1.29, 1.82) is 0 Å². The number of rotatable bonds is 64. The zero-order valence-electron chi connectivity index (χ0n) is 55.9. The Labute approximate surface area is 524 Å². The maximum atomic E-state index is 13.0. The molecule has 3 unspecified atom stereocenters. The van der Waals surface area contributed by atoms with Gasteiger partial charge in [0.1, 0.15) is 19.3 Å². The van der Waals surface area contributed by atoms with Crippen molar-refractivity contribution in [3.63, 3.8) is 0 Å². The minimum atomic E-state index is -4.95. The third kappa shape index (κ3) is 60.9. The molecule has 86 heavy (non-hydrogen) atoms. The number of carbonyl (C=O) groups excluding carboxylic acids is 4. The Hall–Kier alpha value is -1.94. The van der Waals surface area contributed by atoms with E-state index in [2.05, 4.69) is 55.4 Å². The molecule has 0 saturated heterocycles. The van der Waals surface area contributed by atoms with Gasteiger partial charge in [-0.2, -0.15) is 0 Å². The highest BCUT2D eigenvalue weighted by Gasteiger charge is 2.30. The van der Waals surface area contributed by atoms with Crippen LogP contribution in [0.3, 0.4) is 0 Å². The van der Waals surface area contributed by atoms with E-state index in [4.69, 9.17) is 37.0 Å². The minimum Gasteiger partial charge on any atom is -0.462 e. The van der Waals surface area contributed by atoms with Gasteiger partial charge in [0.15, 0.2) is 12.2 Å². The van der Waals surface area contributed by atoms with E-state index in [1.807, 2.05) is 0 Å². The molecular formula is C67H130O17P2. The molecule has 0 aliphatic carbocycles. The monoisotopic (exact) mass is 1270 g/mol. The van der Waals surface area contributed by atoms with E-state index in [1.54, 1.807) is 0 Å². The molecule has 0 rings (SSSR count). The molecule has 0 aromatic rings. The average molecular weight is 1270 g/mol. The fourth-order valence-corrected chi connectivity index (χ4v) is 11.5. The average Bonchev–Trinajstić information content (AvgIpc) is 3.60. The van der Waals surface area contributed by atoms with E-state index >= 15 is 0 Å². The van der Waals surface area contributed by atoms with Gasteiger partial charge in [-0.15, -0.1) is 0 Å². The zero-order chi connectivity index (χ0) is 63.9. The summed E-state index contributed by atoms with van der Waals surface area (Å²) in [6, 6.07) is 0. The van der Waals surface area contributed by atoms with Gasteiger partial charge in [0, 0.05) is 25.7 Å². The summed E-state index contributed by atoms with van der Waals surface area (Å²) in [4.78, 5) is 72.3. The molecule has 0 amide bonds. The summed E-state index contributed by atoms with van der Waals surface area (Å²) in [7, 11) is -9.89. The molecule has 0 aliphatic rings. The largest absolute Gasteiger partial charge is 0.472 e. The normalized spacial score (nSPS) is 14.4. The first-order valence-electron chi connectivity index (χ1n) is 34.7. The summed E-state index contributed by atoms with van der Waals surface area (Å²) in [6.07, 6.45) is 38.0. The van der Waals surface area contributed by atoms with Crippen LogP contribution in [0.15, 0.2) is 0 Å². The second-order valence-corrected chi connectivity index (χ2v) is 29.0. The van der Waals surface area contributed by atoms with Crippen molar-refractivity contribution in [2.75, 3.05) is 39.6 Å². The van der Waals surface area contributed by atoms with Gasteiger partial charge in [-0.05, 0) is 49.4 Å². The highest BCUT2D eigenvalue weighted by molar-refractivity contribution is 7.47. The number of hydrogen-bond acceptors (Lipinski definition) is 15. The van der Waals surface area contributed by atoms with Gasteiger partial charge in [0.25, 0.3) is 0 Å². The van der Waals surface area contributed by atoms with Crippen LogP contribution in [0.4, 0.5) is 0 Å². The lowest BCUT2D eigenvalue weighted by atomic mass is 10.0. The smallest absolute Gasteiger partial charge is 0.462 e. The van der Waals surface area contributed by atoms with E-state index in [-0.39, 0.29) is 25.7 Å². The molecule has 0 aromatic carbocycles. The van der Waals surface area contributed by atoms with Crippen LogP contribution in [0.25, 0.3) is 0 Å². The predicted molar refractivity (Wildman–Crippen MR) is 344 cm³/mol. The van der Waals surface area contributed by atoms with Gasteiger partial charge in [-0.3, -0.25) is 37.3 Å². The van der Waals surface area contributed by atoms with Crippen LogP contribution >= 0.6 is 15.6 Å². The number of ether oxygens (including phenoxy) is 4. The Kier molecular flexibility index (Phi) is 55.7. The molecule has 0 radical (unpaired) electrons. The lowest BCUT2D eigenvalue weighted by Crippen LogP contribution is -2.30. The Bertz CT molecular complexity index is 1710. The van der Waals surface area contributed by atoms with Gasteiger partial charge in [-0.25, -0.2) is 9.13 Å². The lowest BCUT2D eigenvalue weighted by Gasteiger charge is -2.21. The molecule has 0 fully saturated rings. The lowest BCUT2D eigenvalue weighted by molar-refractivity contribution is -0.161. The molecule has 0 aromatic heterocycles. The number of carbonyl (C=O) groups is 4. The summed E-state index contributed by atoms with van der Waals surface area (Å²) >= 11 is 0. The fourth-order valence-electron chi connectivity index (χ4n) is 9.96. The quantitative estimate of drug-likeness (QED) is 0.0222. The van der Waals surface area contributed by atoms with Gasteiger partial charge in [0.2, 0.25) is 0 Å². The minimum absolute atomic E-state index is 0.102. The SMILES string of the molecule is CC(C)CCCCCCCCCCCCCCCCC(=O)OC[C@H](COP(=O)(O)OCC(O)COP(=O)(O)OC[C@@H](COC(=O)CCCCCCCCCC(C)C)OC(=O)CCCCCCCCCC(C)C)OC(=O)CCCCCCCCC(C)C. The number of phosphoric acid groups is 2. The van der Waals surface area contributed by atoms with Gasteiger partial charge < -0.3 is 33.8 Å². The predicted octanol–water partition coefficient (Wildman–Crippen LogP) is 18.5. The standard InChI is InChI=1S/C67H130O17P2/c1-57(2)43-35-27-19-15-13-11-9-10-12-14-16-22-31-39-47-64(69)77-54-63(84-67(72)50-42-34-26-25-30-38-46-60(7)8)56-82-86(75,76)80-52-61(68)51-79-85(73,74)81-55-62(83-66(71)49-41-33-24-18-21-29-37-45-59(5)6)53-78-65(70)48-40-32-23-17-20-28-36-44-58(3)4/h57-63,68H,9-56H2,1-8H3,(H,73,74)(H,75,76)/t61?,62-,63-/m1/s1. The van der Waals surface area contributed by atoms with Crippen LogP contribution < -0.4 is 0 Å². The third-order valence-corrected chi connectivity index (χ3v) is 17.2. The van der Waals surface area contributed by atoms with Crippen LogP contribution in [0, 0.1) is 23.7 Å². The van der Waals surface area contributed by atoms with Crippen molar-refractivity contribution < 1.29 is 80.2 Å². The summed E-state index contributed by atoms with van der Waals surface area (Å²) in [5, 5.41) is 10.5. The highest BCUT2D eigenvalue weighted by Crippen LogP contribution is 2.45. The van der Waals surface area contributed by atoms with Gasteiger partial charge in [0.05, 0.1) is 26.4 Å². The first kappa shape index (κ1) is 84.1. The second kappa shape index (κ2) is 57.0. The van der Waals surface area contributed by atoms with E-state index < -0.39 is 97.5 Å².